The Morgan fingerprint density at radius 3 is 2.32 bits per heavy atom. The average molecular weight is 299 g/mol. The first-order chi connectivity index (χ1) is 10.6. The normalized spacial score (nSPS) is 10.6. The molecule has 0 aliphatic carbocycles. The molecule has 2 N–H and O–H groups in total. The number of nitrogens with one attached hydrogen (secondary N) is 2. The summed E-state index contributed by atoms with van der Waals surface area (Å²) in [5.74, 6) is 1.42. The van der Waals surface area contributed by atoms with Crippen molar-refractivity contribution in [3.63, 3.8) is 0 Å². The Balaban J connectivity index is 2.07. The zero-order chi connectivity index (χ0) is 15.9. The van der Waals surface area contributed by atoms with Crippen LogP contribution in [0.5, 0.6) is 0 Å². The van der Waals surface area contributed by atoms with E-state index in [0.29, 0.717) is 12.0 Å². The summed E-state index contributed by atoms with van der Waals surface area (Å²) in [7, 11) is 0. The van der Waals surface area contributed by atoms with Crippen LogP contribution in [0.4, 0.5) is 23.1 Å². The molecule has 2 rings (SSSR count). The van der Waals surface area contributed by atoms with Gasteiger partial charge >= 0.3 is 0 Å². The first-order valence-corrected chi connectivity index (χ1v) is 7.84. The second kappa shape index (κ2) is 7.64. The molecule has 1 aromatic heterocycles. The standard InChI is InChI=1S/C17H25N5/c1-5-22(6-2)15-9-7-14(8-10-15)20-17-18-12-11-16(21-17)19-13(3)4/h7-13H,5-6H2,1-4H3,(H2,18,19,20,21). The summed E-state index contributed by atoms with van der Waals surface area (Å²) in [6.07, 6.45) is 1.75. The van der Waals surface area contributed by atoms with E-state index in [-0.39, 0.29) is 0 Å². The minimum atomic E-state index is 0.344. The lowest BCUT2D eigenvalue weighted by Crippen LogP contribution is -2.21. The summed E-state index contributed by atoms with van der Waals surface area (Å²) in [5, 5.41) is 6.51. The van der Waals surface area contributed by atoms with Gasteiger partial charge in [0, 0.05) is 36.7 Å². The molecule has 0 atom stereocenters. The van der Waals surface area contributed by atoms with E-state index >= 15 is 0 Å². The van der Waals surface area contributed by atoms with Crippen molar-refractivity contribution in [3.05, 3.63) is 36.5 Å². The number of rotatable bonds is 7. The molecule has 2 aromatic rings. The number of benzene rings is 1. The summed E-state index contributed by atoms with van der Waals surface area (Å²) in [6.45, 7) is 10.5. The van der Waals surface area contributed by atoms with Crippen LogP contribution in [-0.4, -0.2) is 29.1 Å². The molecule has 0 radical (unpaired) electrons. The van der Waals surface area contributed by atoms with Gasteiger partial charge in [0.2, 0.25) is 5.95 Å². The molecule has 0 bridgehead atoms. The van der Waals surface area contributed by atoms with E-state index < -0.39 is 0 Å². The second-order valence-electron chi connectivity index (χ2n) is 5.41. The summed E-state index contributed by atoms with van der Waals surface area (Å²) < 4.78 is 0. The third-order valence-corrected chi connectivity index (χ3v) is 3.34. The molecule has 0 aliphatic heterocycles. The van der Waals surface area contributed by atoms with Gasteiger partial charge in [-0.3, -0.25) is 0 Å². The highest BCUT2D eigenvalue weighted by atomic mass is 15.1. The van der Waals surface area contributed by atoms with Crippen molar-refractivity contribution in [2.45, 2.75) is 33.7 Å². The van der Waals surface area contributed by atoms with Crippen molar-refractivity contribution in [3.8, 4) is 0 Å². The smallest absolute Gasteiger partial charge is 0.229 e. The molecule has 5 nitrogen and oxygen atoms in total. The zero-order valence-electron chi connectivity index (χ0n) is 13.8. The summed E-state index contributed by atoms with van der Waals surface area (Å²) >= 11 is 0. The van der Waals surface area contributed by atoms with E-state index in [9.17, 15) is 0 Å². The number of aromatic nitrogens is 2. The SMILES string of the molecule is CCN(CC)c1ccc(Nc2nccc(NC(C)C)n2)cc1. The molecule has 1 heterocycles. The van der Waals surface area contributed by atoms with E-state index in [1.807, 2.05) is 6.07 Å². The van der Waals surface area contributed by atoms with Crippen LogP contribution in [-0.2, 0) is 0 Å². The van der Waals surface area contributed by atoms with Crippen molar-refractivity contribution < 1.29 is 0 Å². The Labute approximate surface area is 132 Å². The Morgan fingerprint density at radius 2 is 1.73 bits per heavy atom. The van der Waals surface area contributed by atoms with Gasteiger partial charge in [-0.05, 0) is 58.0 Å². The molecule has 22 heavy (non-hydrogen) atoms. The molecule has 0 aliphatic rings. The maximum atomic E-state index is 4.45. The second-order valence-corrected chi connectivity index (χ2v) is 5.41. The summed E-state index contributed by atoms with van der Waals surface area (Å²) in [6, 6.07) is 10.6. The third kappa shape index (κ3) is 4.35. The molecular weight excluding hydrogens is 274 g/mol. The molecule has 0 amide bonds. The number of anilines is 4. The lowest BCUT2D eigenvalue weighted by Gasteiger charge is -2.21. The van der Waals surface area contributed by atoms with Crippen LogP contribution in [0, 0.1) is 0 Å². The molecule has 0 spiro atoms. The fourth-order valence-corrected chi connectivity index (χ4v) is 2.27. The molecular formula is C17H25N5. The molecule has 118 valence electrons. The number of nitrogens with zero attached hydrogens (tertiary/aromatic N) is 3. The lowest BCUT2D eigenvalue weighted by atomic mass is 10.2. The zero-order valence-corrected chi connectivity index (χ0v) is 13.8. The first kappa shape index (κ1) is 16.1. The first-order valence-electron chi connectivity index (χ1n) is 7.84. The van der Waals surface area contributed by atoms with Gasteiger partial charge in [0.15, 0.2) is 0 Å². The highest BCUT2D eigenvalue weighted by molar-refractivity contribution is 5.59. The van der Waals surface area contributed by atoms with Crippen LogP contribution in [0.3, 0.4) is 0 Å². The van der Waals surface area contributed by atoms with Crippen molar-refractivity contribution >= 4 is 23.1 Å². The van der Waals surface area contributed by atoms with Gasteiger partial charge < -0.3 is 15.5 Å². The van der Waals surface area contributed by atoms with E-state index in [0.717, 1.165) is 24.6 Å². The fraction of sp³-hybridized carbons (Fsp3) is 0.412. The quantitative estimate of drug-likeness (QED) is 0.812. The van der Waals surface area contributed by atoms with Crippen LogP contribution in [0.1, 0.15) is 27.7 Å². The van der Waals surface area contributed by atoms with Crippen molar-refractivity contribution in [1.29, 1.82) is 0 Å². The Kier molecular flexibility index (Phi) is 5.58. The van der Waals surface area contributed by atoms with Gasteiger partial charge in [-0.25, -0.2) is 4.98 Å². The van der Waals surface area contributed by atoms with Crippen LogP contribution in [0.15, 0.2) is 36.5 Å². The molecule has 0 unspecified atom stereocenters. The van der Waals surface area contributed by atoms with Gasteiger partial charge in [-0.15, -0.1) is 0 Å². The maximum Gasteiger partial charge on any atom is 0.229 e. The molecule has 1 aromatic carbocycles. The van der Waals surface area contributed by atoms with Gasteiger partial charge in [0.25, 0.3) is 0 Å². The minimum Gasteiger partial charge on any atom is -0.372 e. The topological polar surface area (TPSA) is 53.1 Å². The molecule has 5 heteroatoms. The van der Waals surface area contributed by atoms with E-state index in [2.05, 4.69) is 77.5 Å². The van der Waals surface area contributed by atoms with Crippen molar-refractivity contribution in [2.75, 3.05) is 28.6 Å². The highest BCUT2D eigenvalue weighted by Crippen LogP contribution is 2.20. The molecule has 0 fully saturated rings. The molecule has 0 saturated heterocycles. The van der Waals surface area contributed by atoms with Gasteiger partial charge in [0.05, 0.1) is 0 Å². The highest BCUT2D eigenvalue weighted by Gasteiger charge is 2.04. The van der Waals surface area contributed by atoms with Gasteiger partial charge in [0.1, 0.15) is 5.82 Å². The summed E-state index contributed by atoms with van der Waals surface area (Å²) in [4.78, 5) is 11.0. The fourth-order valence-electron chi connectivity index (χ4n) is 2.27. The van der Waals surface area contributed by atoms with Crippen LogP contribution < -0.4 is 15.5 Å². The van der Waals surface area contributed by atoms with E-state index in [4.69, 9.17) is 0 Å². The van der Waals surface area contributed by atoms with Crippen molar-refractivity contribution in [2.24, 2.45) is 0 Å². The minimum absolute atomic E-state index is 0.344. The largest absolute Gasteiger partial charge is 0.372 e. The predicted octanol–water partition coefficient (Wildman–Crippen LogP) is 3.89. The van der Waals surface area contributed by atoms with Gasteiger partial charge in [-0.1, -0.05) is 0 Å². The molecule has 0 saturated carbocycles. The average Bonchev–Trinajstić information content (AvgIpc) is 2.50. The number of hydrogen-bond donors (Lipinski definition) is 2. The maximum absolute atomic E-state index is 4.45. The van der Waals surface area contributed by atoms with Crippen molar-refractivity contribution in [1.82, 2.24) is 9.97 Å². The van der Waals surface area contributed by atoms with Crippen LogP contribution >= 0.6 is 0 Å². The third-order valence-electron chi connectivity index (χ3n) is 3.34. The Bertz CT molecular complexity index is 576. The van der Waals surface area contributed by atoms with Gasteiger partial charge in [-0.2, -0.15) is 4.98 Å². The lowest BCUT2D eigenvalue weighted by molar-refractivity contribution is 0.866. The Morgan fingerprint density at radius 1 is 1.05 bits per heavy atom. The van der Waals surface area contributed by atoms with Crippen LogP contribution in [0.2, 0.25) is 0 Å². The Hall–Kier alpha value is -2.30. The number of hydrogen-bond acceptors (Lipinski definition) is 5. The monoisotopic (exact) mass is 299 g/mol. The summed E-state index contributed by atoms with van der Waals surface area (Å²) in [5.41, 5.74) is 2.21. The van der Waals surface area contributed by atoms with Crippen LogP contribution in [0.25, 0.3) is 0 Å². The van der Waals surface area contributed by atoms with E-state index in [1.165, 1.54) is 5.69 Å². The van der Waals surface area contributed by atoms with E-state index in [1.54, 1.807) is 6.20 Å². The predicted molar refractivity (Wildman–Crippen MR) is 94.1 cm³/mol.